The molecule has 0 spiro atoms. The summed E-state index contributed by atoms with van der Waals surface area (Å²) in [5, 5.41) is 0. The van der Waals surface area contributed by atoms with E-state index in [0.29, 0.717) is 6.41 Å². The molecule has 1 heterocycles. The van der Waals surface area contributed by atoms with E-state index in [2.05, 4.69) is 4.74 Å². The first kappa shape index (κ1) is 7.40. The molecule has 0 unspecified atom stereocenters. The molecule has 3 nitrogen and oxygen atoms in total. The van der Waals surface area contributed by atoms with Crippen molar-refractivity contribution in [1.29, 1.82) is 0 Å². The number of halogens is 2. The Balaban J connectivity index is 2.47. The third-order valence-corrected chi connectivity index (χ3v) is 1.23. The standard InChI is InChI=1S/C5H7F2NO2/c6-5(7)3-8(4-9)1-2-10-5/h4H,1-3H2. The second-order valence-electron chi connectivity index (χ2n) is 2.06. The Labute approximate surface area is 56.6 Å². The molecule has 1 aliphatic heterocycles. The monoisotopic (exact) mass is 151 g/mol. The molecule has 5 heteroatoms. The highest BCUT2D eigenvalue weighted by atomic mass is 19.3. The Morgan fingerprint density at radius 1 is 1.60 bits per heavy atom. The molecule has 0 aromatic heterocycles. The molecule has 0 radical (unpaired) electrons. The molecule has 10 heavy (non-hydrogen) atoms. The highest BCUT2D eigenvalue weighted by Crippen LogP contribution is 2.19. The molecule has 0 atom stereocenters. The minimum atomic E-state index is -3.15. The van der Waals surface area contributed by atoms with Gasteiger partial charge in [0.05, 0.1) is 6.61 Å². The number of alkyl halides is 2. The molecule has 0 bridgehead atoms. The molecule has 0 aromatic rings. The summed E-state index contributed by atoms with van der Waals surface area (Å²) >= 11 is 0. The molecule has 1 aliphatic rings. The summed E-state index contributed by atoms with van der Waals surface area (Å²) in [6.45, 7) is -0.471. The summed E-state index contributed by atoms with van der Waals surface area (Å²) in [7, 11) is 0. The summed E-state index contributed by atoms with van der Waals surface area (Å²) in [6, 6.07) is 0. The summed E-state index contributed by atoms with van der Waals surface area (Å²) < 4.78 is 28.5. The second kappa shape index (κ2) is 2.49. The fourth-order valence-electron chi connectivity index (χ4n) is 0.763. The van der Waals surface area contributed by atoms with Gasteiger partial charge >= 0.3 is 6.11 Å². The molecule has 0 aromatic carbocycles. The molecule has 0 aliphatic carbocycles. The molecule has 1 rings (SSSR count). The molecule has 0 N–H and O–H groups in total. The molecular formula is C5H7F2NO2. The van der Waals surface area contributed by atoms with Gasteiger partial charge in [-0.1, -0.05) is 0 Å². The minimum absolute atomic E-state index is 0.0915. The molecule has 1 saturated heterocycles. The number of carbonyl (C=O) groups is 1. The maximum absolute atomic E-state index is 12.2. The van der Waals surface area contributed by atoms with Gasteiger partial charge in [0.25, 0.3) is 0 Å². The largest absolute Gasteiger partial charge is 0.373 e. The first-order chi connectivity index (χ1) is 4.64. The van der Waals surface area contributed by atoms with Crippen LogP contribution in [0, 0.1) is 0 Å². The summed E-state index contributed by atoms with van der Waals surface area (Å²) in [5.74, 6) is 0. The highest BCUT2D eigenvalue weighted by Gasteiger charge is 2.35. The van der Waals surface area contributed by atoms with Crippen LogP contribution < -0.4 is 0 Å². The van der Waals surface area contributed by atoms with Crippen LogP contribution in [0.3, 0.4) is 0 Å². The molecule has 1 amide bonds. The van der Waals surface area contributed by atoms with Crippen molar-refractivity contribution in [3.05, 3.63) is 0 Å². The van der Waals surface area contributed by atoms with Crippen LogP contribution in [0.5, 0.6) is 0 Å². The number of ether oxygens (including phenoxy) is 1. The van der Waals surface area contributed by atoms with Crippen molar-refractivity contribution in [2.24, 2.45) is 0 Å². The van der Waals surface area contributed by atoms with E-state index >= 15 is 0 Å². The number of nitrogens with zero attached hydrogens (tertiary/aromatic N) is 1. The van der Waals surface area contributed by atoms with Crippen molar-refractivity contribution in [2.45, 2.75) is 6.11 Å². The summed E-state index contributed by atoms with van der Waals surface area (Å²) in [6.07, 6.45) is -2.75. The predicted octanol–water partition coefficient (Wildman–Crippen LogP) is 0.0678. The van der Waals surface area contributed by atoms with Crippen molar-refractivity contribution >= 4 is 6.41 Å². The zero-order valence-electron chi connectivity index (χ0n) is 5.22. The second-order valence-corrected chi connectivity index (χ2v) is 2.06. The van der Waals surface area contributed by atoms with E-state index in [0.717, 1.165) is 4.90 Å². The number of hydrogen-bond acceptors (Lipinski definition) is 2. The molecule has 1 fully saturated rings. The van der Waals surface area contributed by atoms with E-state index in [1.54, 1.807) is 0 Å². The van der Waals surface area contributed by atoms with Crippen LogP contribution in [0.2, 0.25) is 0 Å². The number of rotatable bonds is 1. The van der Waals surface area contributed by atoms with Crippen molar-refractivity contribution in [2.75, 3.05) is 19.7 Å². The Morgan fingerprint density at radius 2 is 2.30 bits per heavy atom. The molecule has 0 saturated carbocycles. The van der Waals surface area contributed by atoms with Gasteiger partial charge in [0.15, 0.2) is 0 Å². The average molecular weight is 151 g/mol. The maximum Gasteiger partial charge on any atom is 0.373 e. The van der Waals surface area contributed by atoms with Crippen LogP contribution in [0.4, 0.5) is 8.78 Å². The Bertz CT molecular complexity index is 140. The lowest BCUT2D eigenvalue weighted by Gasteiger charge is -2.29. The Hall–Kier alpha value is -0.710. The summed E-state index contributed by atoms with van der Waals surface area (Å²) in [4.78, 5) is 11.0. The van der Waals surface area contributed by atoms with Gasteiger partial charge in [-0.2, -0.15) is 8.78 Å². The fraction of sp³-hybridized carbons (Fsp3) is 0.800. The number of hydrogen-bond donors (Lipinski definition) is 0. The average Bonchev–Trinajstić information content (AvgIpc) is 1.86. The number of carbonyl (C=O) groups excluding carboxylic acids is 1. The highest BCUT2D eigenvalue weighted by molar-refractivity contribution is 5.47. The van der Waals surface area contributed by atoms with Gasteiger partial charge in [-0.15, -0.1) is 0 Å². The first-order valence-corrected chi connectivity index (χ1v) is 2.85. The van der Waals surface area contributed by atoms with E-state index in [-0.39, 0.29) is 13.2 Å². The van der Waals surface area contributed by atoms with Gasteiger partial charge in [-0.3, -0.25) is 4.79 Å². The zero-order valence-corrected chi connectivity index (χ0v) is 5.22. The van der Waals surface area contributed by atoms with Crippen molar-refractivity contribution in [1.82, 2.24) is 4.90 Å². The van der Waals surface area contributed by atoms with Gasteiger partial charge in [0, 0.05) is 6.54 Å². The predicted molar refractivity (Wildman–Crippen MR) is 28.5 cm³/mol. The van der Waals surface area contributed by atoms with Gasteiger partial charge in [0.2, 0.25) is 6.41 Å². The first-order valence-electron chi connectivity index (χ1n) is 2.85. The lowest BCUT2D eigenvalue weighted by atomic mass is 10.4. The topological polar surface area (TPSA) is 29.5 Å². The van der Waals surface area contributed by atoms with Gasteiger partial charge in [-0.05, 0) is 0 Å². The van der Waals surface area contributed by atoms with E-state index in [9.17, 15) is 13.6 Å². The third-order valence-electron chi connectivity index (χ3n) is 1.23. The van der Waals surface area contributed by atoms with Crippen molar-refractivity contribution < 1.29 is 18.3 Å². The van der Waals surface area contributed by atoms with Crippen LogP contribution in [0.25, 0.3) is 0 Å². The van der Waals surface area contributed by atoms with Crippen LogP contribution in [-0.4, -0.2) is 37.1 Å². The number of amides is 1. The van der Waals surface area contributed by atoms with E-state index in [1.807, 2.05) is 0 Å². The SMILES string of the molecule is O=CN1CCOC(F)(F)C1. The zero-order chi connectivity index (χ0) is 7.61. The third kappa shape index (κ3) is 1.63. The van der Waals surface area contributed by atoms with E-state index in [1.165, 1.54) is 0 Å². The molecular weight excluding hydrogens is 144 g/mol. The smallest absolute Gasteiger partial charge is 0.334 e. The lowest BCUT2D eigenvalue weighted by Crippen LogP contribution is -2.45. The van der Waals surface area contributed by atoms with Crippen molar-refractivity contribution in [3.63, 3.8) is 0 Å². The maximum atomic E-state index is 12.2. The van der Waals surface area contributed by atoms with Crippen LogP contribution in [0.15, 0.2) is 0 Å². The van der Waals surface area contributed by atoms with E-state index < -0.39 is 12.7 Å². The number of morpholine rings is 1. The van der Waals surface area contributed by atoms with Crippen LogP contribution in [-0.2, 0) is 9.53 Å². The quantitative estimate of drug-likeness (QED) is 0.496. The Morgan fingerprint density at radius 3 is 2.70 bits per heavy atom. The Kier molecular flexibility index (Phi) is 1.85. The van der Waals surface area contributed by atoms with Crippen LogP contribution >= 0.6 is 0 Å². The van der Waals surface area contributed by atoms with Crippen molar-refractivity contribution in [3.8, 4) is 0 Å². The lowest BCUT2D eigenvalue weighted by molar-refractivity contribution is -0.265. The van der Waals surface area contributed by atoms with Gasteiger partial charge in [0.1, 0.15) is 6.54 Å². The molecule has 58 valence electrons. The van der Waals surface area contributed by atoms with E-state index in [4.69, 9.17) is 0 Å². The van der Waals surface area contributed by atoms with Crippen LogP contribution in [0.1, 0.15) is 0 Å². The van der Waals surface area contributed by atoms with Gasteiger partial charge in [-0.25, -0.2) is 0 Å². The summed E-state index contributed by atoms with van der Waals surface area (Å²) in [5.41, 5.74) is 0. The minimum Gasteiger partial charge on any atom is -0.334 e. The normalized spacial score (nSPS) is 24.4. The van der Waals surface area contributed by atoms with Gasteiger partial charge < -0.3 is 9.64 Å². The fourth-order valence-corrected chi connectivity index (χ4v) is 0.763.